The lowest BCUT2D eigenvalue weighted by atomic mass is 10.1. The van der Waals surface area contributed by atoms with E-state index in [1.54, 1.807) is 0 Å². The molecule has 0 aliphatic carbocycles. The highest BCUT2D eigenvalue weighted by Gasteiger charge is 2.41. The SMILES string of the molecule is [2H]C([2H])([2H])n1c2ccc(-n3c4ccccc4n4c5ccccc5nc34)cc2c2cc([Si](c3ccccc3)(c3ccccc3)c3ccccc3)ccc21. The Bertz CT molecular complexity index is 2850. The third-order valence-corrected chi connectivity index (χ3v) is 14.9. The number of imidazole rings is 2. The number of rotatable bonds is 5. The zero-order valence-electron chi connectivity index (χ0n) is 29.5. The highest BCUT2D eigenvalue weighted by atomic mass is 28.3. The minimum atomic E-state index is -2.87. The van der Waals surface area contributed by atoms with Crippen LogP contribution in [0.2, 0.25) is 0 Å². The topological polar surface area (TPSA) is 27.2 Å². The van der Waals surface area contributed by atoms with E-state index < -0.39 is 15.0 Å². The van der Waals surface area contributed by atoms with Gasteiger partial charge in [0.25, 0.3) is 0 Å². The van der Waals surface area contributed by atoms with E-state index in [-0.39, 0.29) is 0 Å². The molecule has 0 amide bonds. The largest absolute Gasteiger partial charge is 0.344 e. The molecule has 0 saturated heterocycles. The van der Waals surface area contributed by atoms with Gasteiger partial charge in [-0.3, -0.25) is 8.97 Å². The highest BCUT2D eigenvalue weighted by molar-refractivity contribution is 7.20. The molecule has 3 heterocycles. The van der Waals surface area contributed by atoms with Gasteiger partial charge in [0, 0.05) is 38.6 Å². The van der Waals surface area contributed by atoms with E-state index >= 15 is 0 Å². The first-order valence-corrected chi connectivity index (χ1v) is 18.6. The van der Waals surface area contributed by atoms with Gasteiger partial charge in [-0.1, -0.05) is 127 Å². The molecule has 0 aliphatic rings. The van der Waals surface area contributed by atoms with Crippen molar-refractivity contribution in [1.29, 1.82) is 0 Å². The summed E-state index contributed by atoms with van der Waals surface area (Å²) in [5, 5.41) is 6.77. The molecule has 0 radical (unpaired) electrons. The number of benzene rings is 7. The third-order valence-electron chi connectivity index (χ3n) is 10.2. The molecule has 0 N–H and O–H groups in total. The summed E-state index contributed by atoms with van der Waals surface area (Å²) in [5.74, 6) is 0.811. The van der Waals surface area contributed by atoms with Crippen molar-refractivity contribution in [3.05, 3.63) is 176 Å². The third kappa shape index (κ3) is 3.94. The number of fused-ring (bicyclic) bond motifs is 8. The molecule has 49 heavy (non-hydrogen) atoms. The molecule has 0 atom stereocenters. The van der Waals surface area contributed by atoms with E-state index in [9.17, 15) is 0 Å². The summed E-state index contributed by atoms with van der Waals surface area (Å²) < 4.78 is 32.0. The van der Waals surface area contributed by atoms with Crippen molar-refractivity contribution in [1.82, 2.24) is 18.5 Å². The summed E-state index contributed by atoms with van der Waals surface area (Å²) in [5.41, 5.74) is 6.32. The van der Waals surface area contributed by atoms with Gasteiger partial charge in [0.05, 0.1) is 22.1 Å². The lowest BCUT2D eigenvalue weighted by Gasteiger charge is -2.34. The van der Waals surface area contributed by atoms with Crippen LogP contribution >= 0.6 is 0 Å². The van der Waals surface area contributed by atoms with Gasteiger partial charge in [0.15, 0.2) is 8.07 Å². The van der Waals surface area contributed by atoms with Crippen LogP contribution in [0.25, 0.3) is 55.3 Å². The van der Waals surface area contributed by atoms with Crippen molar-refractivity contribution in [2.24, 2.45) is 6.98 Å². The molecular formula is C44H32N4Si. The number of para-hydroxylation sites is 4. The van der Waals surface area contributed by atoms with Gasteiger partial charge in [-0.05, 0) is 69.3 Å². The first-order chi connectivity index (χ1) is 25.4. The van der Waals surface area contributed by atoms with E-state index in [2.05, 4.69) is 142 Å². The fourth-order valence-electron chi connectivity index (χ4n) is 8.05. The maximum absolute atomic E-state index is 8.69. The van der Waals surface area contributed by atoms with E-state index in [0.717, 1.165) is 44.3 Å². The minimum Gasteiger partial charge on any atom is -0.344 e. The predicted molar refractivity (Wildman–Crippen MR) is 207 cm³/mol. The van der Waals surface area contributed by atoms with Gasteiger partial charge in [0.1, 0.15) is 0 Å². The summed E-state index contributed by atoms with van der Waals surface area (Å²) in [4.78, 5) is 5.10. The Labute approximate surface area is 289 Å². The summed E-state index contributed by atoms with van der Waals surface area (Å²) in [6.07, 6.45) is 0. The molecule has 232 valence electrons. The molecule has 4 nitrogen and oxygen atoms in total. The van der Waals surface area contributed by atoms with Crippen LogP contribution in [-0.2, 0) is 6.98 Å². The molecule has 10 rings (SSSR count). The summed E-state index contributed by atoms with van der Waals surface area (Å²) >= 11 is 0. The zero-order valence-corrected chi connectivity index (χ0v) is 27.5. The average Bonchev–Trinajstić information content (AvgIpc) is 3.83. The normalized spacial score (nSPS) is 13.3. The fraction of sp³-hybridized carbons (Fsp3) is 0.0227. The lowest BCUT2D eigenvalue weighted by molar-refractivity contribution is 1.01. The molecule has 0 spiro atoms. The Morgan fingerprint density at radius 3 is 1.63 bits per heavy atom. The molecule has 0 unspecified atom stereocenters. The van der Waals surface area contributed by atoms with Gasteiger partial charge in [-0.25, -0.2) is 4.98 Å². The summed E-state index contributed by atoms with van der Waals surface area (Å²) in [7, 11) is -2.87. The standard InChI is InChI=1S/C44H32N4Si/c1-46-39-27-25-31(47-42-23-13-14-24-43(42)48-41-22-12-11-21-38(41)45-44(47)48)29-36(39)37-30-35(26-28-40(37)46)49(32-15-5-2-6-16-32,33-17-7-3-8-18-33)34-19-9-4-10-20-34/h2-30H,1H3/i1D3. The van der Waals surface area contributed by atoms with Crippen LogP contribution < -0.4 is 20.7 Å². The van der Waals surface area contributed by atoms with Crippen molar-refractivity contribution in [3.8, 4) is 5.69 Å². The molecule has 3 aromatic heterocycles. The van der Waals surface area contributed by atoms with Crippen LogP contribution in [0.1, 0.15) is 4.11 Å². The molecule has 0 fully saturated rings. The minimum absolute atomic E-state index is 0.670. The summed E-state index contributed by atoms with van der Waals surface area (Å²) in [6.45, 7) is -2.38. The maximum atomic E-state index is 8.69. The second kappa shape index (κ2) is 10.7. The molecule has 0 saturated carbocycles. The first-order valence-electron chi connectivity index (χ1n) is 18.1. The number of aryl methyl sites for hydroxylation is 1. The quantitative estimate of drug-likeness (QED) is 0.141. The number of hydrogen-bond donors (Lipinski definition) is 0. The van der Waals surface area contributed by atoms with Crippen LogP contribution in [0.5, 0.6) is 0 Å². The highest BCUT2D eigenvalue weighted by Crippen LogP contribution is 2.33. The molecule has 5 heteroatoms. The molecule has 0 bridgehead atoms. The zero-order chi connectivity index (χ0) is 35.0. The van der Waals surface area contributed by atoms with Crippen LogP contribution in [-0.4, -0.2) is 26.6 Å². The van der Waals surface area contributed by atoms with E-state index in [1.807, 2.05) is 42.5 Å². The van der Waals surface area contributed by atoms with Crippen LogP contribution in [0, 0.1) is 0 Å². The van der Waals surface area contributed by atoms with Gasteiger partial charge in [0.2, 0.25) is 5.78 Å². The lowest BCUT2D eigenvalue weighted by Crippen LogP contribution is -2.74. The Hall–Kier alpha value is -6.17. The second-order valence-electron chi connectivity index (χ2n) is 12.7. The van der Waals surface area contributed by atoms with Crippen molar-refractivity contribution in [3.63, 3.8) is 0 Å². The fourth-order valence-corrected chi connectivity index (χ4v) is 12.8. The van der Waals surface area contributed by atoms with Crippen molar-refractivity contribution in [2.75, 3.05) is 0 Å². The number of nitrogens with zero attached hydrogens (tertiary/aromatic N) is 4. The van der Waals surface area contributed by atoms with E-state index in [0.29, 0.717) is 11.0 Å². The maximum Gasteiger partial charge on any atom is 0.220 e. The molecule has 10 aromatic rings. The Balaban J connectivity index is 1.31. The summed E-state index contributed by atoms with van der Waals surface area (Å²) in [6, 6.07) is 61.5. The number of aromatic nitrogens is 4. The van der Waals surface area contributed by atoms with Crippen LogP contribution in [0.15, 0.2) is 176 Å². The second-order valence-corrected chi connectivity index (χ2v) is 16.5. The van der Waals surface area contributed by atoms with Gasteiger partial charge in [-0.15, -0.1) is 0 Å². The smallest absolute Gasteiger partial charge is 0.220 e. The van der Waals surface area contributed by atoms with Gasteiger partial charge >= 0.3 is 0 Å². The van der Waals surface area contributed by atoms with Crippen LogP contribution in [0.4, 0.5) is 0 Å². The van der Waals surface area contributed by atoms with Crippen molar-refractivity contribution in [2.45, 2.75) is 0 Å². The number of hydrogen-bond acceptors (Lipinski definition) is 1. The monoisotopic (exact) mass is 647 g/mol. The van der Waals surface area contributed by atoms with Crippen molar-refractivity contribution < 1.29 is 4.11 Å². The first kappa shape index (κ1) is 24.9. The molecule has 7 aromatic carbocycles. The van der Waals surface area contributed by atoms with Gasteiger partial charge < -0.3 is 4.57 Å². The van der Waals surface area contributed by atoms with Gasteiger partial charge in [-0.2, -0.15) is 0 Å². The predicted octanol–water partition coefficient (Wildman–Crippen LogP) is 7.45. The van der Waals surface area contributed by atoms with Crippen LogP contribution in [0.3, 0.4) is 0 Å². The Kier molecular flexibility index (Phi) is 5.43. The Morgan fingerprint density at radius 2 is 1.00 bits per heavy atom. The molecular weight excluding hydrogens is 613 g/mol. The Morgan fingerprint density at radius 1 is 0.469 bits per heavy atom. The average molecular weight is 648 g/mol. The van der Waals surface area contributed by atoms with E-state index in [4.69, 9.17) is 9.10 Å². The van der Waals surface area contributed by atoms with E-state index in [1.165, 1.54) is 25.3 Å². The molecule has 0 aliphatic heterocycles. The van der Waals surface area contributed by atoms with Crippen molar-refractivity contribution >= 4 is 78.5 Å².